The van der Waals surface area contributed by atoms with E-state index in [1.165, 1.54) is 41.2 Å². The van der Waals surface area contributed by atoms with Crippen molar-refractivity contribution in [3.63, 3.8) is 0 Å². The van der Waals surface area contributed by atoms with Crippen molar-refractivity contribution in [3.8, 4) is 11.4 Å². The molecule has 0 aliphatic carbocycles. The van der Waals surface area contributed by atoms with E-state index >= 15 is 0 Å². The Morgan fingerprint density at radius 1 is 1.30 bits per heavy atom. The van der Waals surface area contributed by atoms with Crippen LogP contribution in [0.4, 0.5) is 11.5 Å². The number of benzene rings is 1. The van der Waals surface area contributed by atoms with Crippen molar-refractivity contribution in [3.05, 3.63) is 58.1 Å². The molecule has 2 heterocycles. The predicted molar refractivity (Wildman–Crippen MR) is 102 cm³/mol. The number of esters is 1. The molecule has 0 spiro atoms. The Bertz CT molecular complexity index is 1070. The molecule has 3 rings (SSSR count). The molecule has 0 saturated heterocycles. The van der Waals surface area contributed by atoms with E-state index in [4.69, 9.17) is 14.0 Å². The summed E-state index contributed by atoms with van der Waals surface area (Å²) in [6.45, 7) is 3.01. The lowest BCUT2D eigenvalue weighted by atomic mass is 10.3. The molecule has 1 aromatic carbocycles. The maximum atomic E-state index is 12.2. The van der Waals surface area contributed by atoms with Crippen LogP contribution in [0.15, 0.2) is 41.1 Å². The van der Waals surface area contributed by atoms with Crippen LogP contribution in [0.2, 0.25) is 0 Å². The molecule has 0 radical (unpaired) electrons. The molecule has 0 aliphatic rings. The van der Waals surface area contributed by atoms with E-state index in [0.29, 0.717) is 11.4 Å². The Balaban J connectivity index is 1.78. The minimum Gasteiger partial charge on any atom is -0.480 e. The molecule has 30 heavy (non-hydrogen) atoms. The van der Waals surface area contributed by atoms with Crippen LogP contribution in [-0.2, 0) is 9.53 Å². The van der Waals surface area contributed by atoms with Crippen LogP contribution in [0.3, 0.4) is 0 Å². The zero-order valence-electron chi connectivity index (χ0n) is 16.0. The van der Waals surface area contributed by atoms with E-state index in [1.54, 1.807) is 13.8 Å². The Kier molecular flexibility index (Phi) is 6.05. The number of anilines is 1. The summed E-state index contributed by atoms with van der Waals surface area (Å²) in [5, 5.41) is 21.1. The van der Waals surface area contributed by atoms with Crippen LogP contribution < -0.4 is 10.1 Å². The molecule has 3 aromatic rings. The van der Waals surface area contributed by atoms with Crippen LogP contribution in [0, 0.1) is 17.0 Å². The number of hydrogen-bond donors (Lipinski definition) is 1. The Hall–Kier alpha value is -4.22. The van der Waals surface area contributed by atoms with Crippen molar-refractivity contribution in [1.82, 2.24) is 14.9 Å². The average Bonchev–Trinajstić information content (AvgIpc) is 3.33. The van der Waals surface area contributed by atoms with Gasteiger partial charge >= 0.3 is 5.97 Å². The minimum absolute atomic E-state index is 0.0123. The first-order chi connectivity index (χ1) is 14.4. The Morgan fingerprint density at radius 2 is 2.03 bits per heavy atom. The first kappa shape index (κ1) is 20.5. The number of nitro groups is 1. The summed E-state index contributed by atoms with van der Waals surface area (Å²) in [5.74, 6) is -0.492. The summed E-state index contributed by atoms with van der Waals surface area (Å²) in [5.41, 5.74) is 0.219. The van der Waals surface area contributed by atoms with Crippen molar-refractivity contribution in [2.45, 2.75) is 13.8 Å². The first-order valence-corrected chi connectivity index (χ1v) is 8.75. The van der Waals surface area contributed by atoms with E-state index in [2.05, 4.69) is 15.6 Å². The molecular weight excluding hydrogens is 398 g/mol. The van der Waals surface area contributed by atoms with Crippen LogP contribution in [0.25, 0.3) is 5.69 Å². The lowest BCUT2D eigenvalue weighted by Gasteiger charge is -2.05. The molecule has 0 fully saturated rings. The van der Waals surface area contributed by atoms with Gasteiger partial charge in [-0.25, -0.2) is 9.48 Å². The minimum atomic E-state index is -0.735. The zero-order valence-corrected chi connectivity index (χ0v) is 16.0. The van der Waals surface area contributed by atoms with Crippen LogP contribution in [-0.4, -0.2) is 45.0 Å². The van der Waals surface area contributed by atoms with Gasteiger partial charge in [0.05, 0.1) is 23.4 Å². The first-order valence-electron chi connectivity index (χ1n) is 8.75. The third-order valence-corrected chi connectivity index (χ3v) is 3.73. The summed E-state index contributed by atoms with van der Waals surface area (Å²) in [4.78, 5) is 34.5. The highest BCUT2D eigenvalue weighted by Crippen LogP contribution is 2.22. The van der Waals surface area contributed by atoms with Gasteiger partial charge in [-0.05, 0) is 26.0 Å². The third kappa shape index (κ3) is 4.79. The number of nitro benzene ring substituents is 1. The van der Waals surface area contributed by atoms with Gasteiger partial charge in [0.2, 0.25) is 5.69 Å². The van der Waals surface area contributed by atoms with E-state index in [0.717, 1.165) is 0 Å². The summed E-state index contributed by atoms with van der Waals surface area (Å²) in [7, 11) is 0. The van der Waals surface area contributed by atoms with Gasteiger partial charge < -0.3 is 19.3 Å². The maximum absolute atomic E-state index is 12.2. The summed E-state index contributed by atoms with van der Waals surface area (Å²) >= 11 is 0. The van der Waals surface area contributed by atoms with E-state index < -0.39 is 23.4 Å². The number of nitrogens with one attached hydrogen (secondary N) is 1. The van der Waals surface area contributed by atoms with Crippen molar-refractivity contribution < 1.29 is 28.5 Å². The highest BCUT2D eigenvalue weighted by molar-refractivity contribution is 5.92. The molecule has 156 valence electrons. The van der Waals surface area contributed by atoms with E-state index in [-0.39, 0.29) is 29.6 Å². The molecule has 12 heteroatoms. The van der Waals surface area contributed by atoms with Crippen LogP contribution in [0.1, 0.15) is 23.2 Å². The number of nitrogens with zero attached hydrogens (tertiary/aromatic N) is 4. The number of aromatic nitrogens is 3. The van der Waals surface area contributed by atoms with Gasteiger partial charge in [0.1, 0.15) is 5.76 Å². The molecule has 0 bridgehead atoms. The molecule has 1 amide bonds. The molecule has 0 aliphatic heterocycles. The topological polar surface area (TPSA) is 152 Å². The van der Waals surface area contributed by atoms with Crippen molar-refractivity contribution >= 4 is 23.4 Å². The number of ether oxygens (including phenoxy) is 2. The molecule has 2 aromatic heterocycles. The molecule has 0 saturated carbocycles. The Labute approximate surface area is 169 Å². The molecule has 0 atom stereocenters. The summed E-state index contributed by atoms with van der Waals surface area (Å²) in [6.07, 6.45) is 1.38. The second-order valence-corrected chi connectivity index (χ2v) is 5.94. The predicted octanol–water partition coefficient (Wildman–Crippen LogP) is 2.27. The lowest BCUT2D eigenvalue weighted by Crippen LogP contribution is -2.21. The second kappa shape index (κ2) is 8.86. The number of carbonyl (C=O) groups excluding carboxylic acids is 2. The van der Waals surface area contributed by atoms with Crippen LogP contribution >= 0.6 is 0 Å². The van der Waals surface area contributed by atoms with E-state index in [9.17, 15) is 19.7 Å². The Morgan fingerprint density at radius 3 is 2.63 bits per heavy atom. The summed E-state index contributed by atoms with van der Waals surface area (Å²) in [6, 6.07) is 7.06. The number of hydrogen-bond acceptors (Lipinski definition) is 9. The van der Waals surface area contributed by atoms with Gasteiger partial charge in [0.25, 0.3) is 11.6 Å². The largest absolute Gasteiger partial charge is 0.480 e. The average molecular weight is 415 g/mol. The van der Waals surface area contributed by atoms with Crippen molar-refractivity contribution in [1.29, 1.82) is 0 Å². The second-order valence-electron chi connectivity index (χ2n) is 5.94. The standard InChI is InChI=1S/C18H17N5O7/c1-3-28-18(25)17-14(29-10-16(24)19-15-8-11(2)30-21-15)9-22(20-17)12-4-6-13(7-5-12)23(26)27/h4-9H,3,10H2,1-2H3,(H,19,21,24). The third-order valence-electron chi connectivity index (χ3n) is 3.73. The monoisotopic (exact) mass is 415 g/mol. The number of aryl methyl sites for hydroxylation is 1. The number of amides is 1. The smallest absolute Gasteiger partial charge is 0.362 e. The maximum Gasteiger partial charge on any atom is 0.362 e. The van der Waals surface area contributed by atoms with Crippen LogP contribution in [0.5, 0.6) is 5.75 Å². The highest BCUT2D eigenvalue weighted by atomic mass is 16.6. The molecule has 12 nitrogen and oxygen atoms in total. The molecule has 0 unspecified atom stereocenters. The lowest BCUT2D eigenvalue weighted by molar-refractivity contribution is -0.384. The van der Waals surface area contributed by atoms with Gasteiger partial charge in [-0.3, -0.25) is 14.9 Å². The van der Waals surface area contributed by atoms with Gasteiger partial charge in [-0.1, -0.05) is 5.16 Å². The van der Waals surface area contributed by atoms with Crippen molar-refractivity contribution in [2.24, 2.45) is 0 Å². The van der Waals surface area contributed by atoms with Gasteiger partial charge in [0.15, 0.2) is 18.2 Å². The highest BCUT2D eigenvalue weighted by Gasteiger charge is 2.21. The number of non-ortho nitro benzene ring substituents is 1. The van der Waals surface area contributed by atoms with E-state index in [1.807, 2.05) is 0 Å². The summed E-state index contributed by atoms with van der Waals surface area (Å²) < 4.78 is 16.6. The van der Waals surface area contributed by atoms with Gasteiger partial charge in [0, 0.05) is 18.2 Å². The van der Waals surface area contributed by atoms with Gasteiger partial charge in [-0.2, -0.15) is 5.10 Å². The number of rotatable bonds is 8. The normalized spacial score (nSPS) is 10.5. The fraction of sp³-hybridized carbons (Fsp3) is 0.222. The quantitative estimate of drug-likeness (QED) is 0.332. The van der Waals surface area contributed by atoms with Gasteiger partial charge in [-0.15, -0.1) is 0 Å². The molecule has 1 N–H and O–H groups in total. The zero-order chi connectivity index (χ0) is 21.7. The van der Waals surface area contributed by atoms with Crippen molar-refractivity contribution in [2.75, 3.05) is 18.5 Å². The molecular formula is C18H17N5O7. The fourth-order valence-electron chi connectivity index (χ4n) is 2.41. The number of carbonyl (C=O) groups is 2. The fourth-order valence-corrected chi connectivity index (χ4v) is 2.41. The SMILES string of the molecule is CCOC(=O)c1nn(-c2ccc([N+](=O)[O-])cc2)cc1OCC(=O)Nc1cc(C)on1.